The first kappa shape index (κ1) is 32.7. The van der Waals surface area contributed by atoms with Gasteiger partial charge in [0.05, 0.1) is 21.1 Å². The van der Waals surface area contributed by atoms with Gasteiger partial charge in [-0.2, -0.15) is 0 Å². The fourth-order valence-corrected chi connectivity index (χ4v) is 4.78. The molecule has 4 nitrogen and oxygen atoms in total. The van der Waals surface area contributed by atoms with E-state index >= 15 is 0 Å². The number of pyridine rings is 2. The summed E-state index contributed by atoms with van der Waals surface area (Å²) in [5.41, 5.74) is 8.70. The van der Waals surface area contributed by atoms with E-state index in [0.717, 1.165) is 16.1 Å². The van der Waals surface area contributed by atoms with Crippen LogP contribution in [0.5, 0.6) is 0 Å². The lowest BCUT2D eigenvalue weighted by Gasteiger charge is -2.10. The van der Waals surface area contributed by atoms with Crippen LogP contribution >= 0.6 is 58.0 Å². The molecule has 3 N–H and O–H groups in total. The van der Waals surface area contributed by atoms with E-state index in [9.17, 15) is 8.78 Å². The number of anilines is 1. The lowest BCUT2D eigenvalue weighted by atomic mass is 10.2. The second-order valence-electron chi connectivity index (χ2n) is 8.96. The monoisotopic (exact) mass is 676 g/mol. The van der Waals surface area contributed by atoms with Crippen molar-refractivity contribution in [3.05, 3.63) is 145 Å². The molecule has 0 saturated heterocycles. The predicted octanol–water partition coefficient (Wildman–Crippen LogP) is 10.8. The number of benzene rings is 4. The Morgan fingerprint density at radius 3 is 1.58 bits per heavy atom. The van der Waals surface area contributed by atoms with Gasteiger partial charge in [0.2, 0.25) is 0 Å². The van der Waals surface area contributed by atoms with Gasteiger partial charge in [-0.05, 0) is 47.5 Å². The molecule has 43 heavy (non-hydrogen) atoms. The molecule has 11 heteroatoms. The van der Waals surface area contributed by atoms with Crippen molar-refractivity contribution in [3.8, 4) is 0 Å². The number of nitrogens with zero attached hydrogens (tertiary/aromatic N) is 2. The summed E-state index contributed by atoms with van der Waals surface area (Å²) in [5.74, 6) is -1.06. The van der Waals surface area contributed by atoms with Crippen LogP contribution in [0.25, 0.3) is 21.8 Å². The van der Waals surface area contributed by atoms with Gasteiger partial charge in [-0.15, -0.1) is 0 Å². The first-order chi connectivity index (χ1) is 20.7. The molecule has 0 fully saturated rings. The zero-order chi connectivity index (χ0) is 30.9. The molecule has 0 amide bonds. The highest BCUT2D eigenvalue weighted by Crippen LogP contribution is 2.30. The van der Waals surface area contributed by atoms with Crippen LogP contribution in [0, 0.1) is 11.6 Å². The minimum Gasteiger partial charge on any atom is -0.363 e. The van der Waals surface area contributed by atoms with Crippen LogP contribution in [0.4, 0.5) is 14.6 Å². The summed E-state index contributed by atoms with van der Waals surface area (Å²) in [4.78, 5) is 8.11. The largest absolute Gasteiger partial charge is 0.363 e. The smallest absolute Gasteiger partial charge is 0.184 e. The molecule has 0 atom stereocenters. The highest BCUT2D eigenvalue weighted by atomic mass is 35.5. The Bertz CT molecular complexity index is 1840. The Labute approximate surface area is 272 Å². The molecule has 2 aromatic heterocycles. The van der Waals surface area contributed by atoms with Crippen LogP contribution in [0.15, 0.2) is 97.1 Å². The van der Waals surface area contributed by atoms with E-state index in [2.05, 4.69) is 15.3 Å². The molecule has 220 valence electrons. The summed E-state index contributed by atoms with van der Waals surface area (Å²) in [6.45, 7) is 1.02. The molecule has 0 aliphatic carbocycles. The maximum Gasteiger partial charge on any atom is 0.184 e. The third-order valence-electron chi connectivity index (χ3n) is 6.03. The third-order valence-corrected chi connectivity index (χ3v) is 7.52. The minimum atomic E-state index is -0.665. The summed E-state index contributed by atoms with van der Waals surface area (Å²) in [7, 11) is 0. The number of hydrogen-bond donors (Lipinski definition) is 2. The van der Waals surface area contributed by atoms with E-state index in [1.807, 2.05) is 42.5 Å². The van der Waals surface area contributed by atoms with Crippen molar-refractivity contribution < 1.29 is 8.78 Å². The maximum absolute atomic E-state index is 14.2. The van der Waals surface area contributed by atoms with Gasteiger partial charge in [-0.3, -0.25) is 0 Å². The van der Waals surface area contributed by atoms with Crippen LogP contribution < -0.4 is 11.1 Å². The zero-order valence-electron chi connectivity index (χ0n) is 22.3. The lowest BCUT2D eigenvalue weighted by molar-refractivity contribution is 0.625. The number of nitrogens with two attached hydrogens (primary N) is 1. The predicted molar refractivity (Wildman–Crippen MR) is 177 cm³/mol. The van der Waals surface area contributed by atoms with Crippen LogP contribution in [0.3, 0.4) is 0 Å². The number of nitrogens with one attached hydrogen (secondary N) is 1. The highest BCUT2D eigenvalue weighted by molar-refractivity contribution is 6.38. The van der Waals surface area contributed by atoms with E-state index in [0.29, 0.717) is 39.9 Å². The molecular formula is C32H23Cl5F2N4. The Morgan fingerprint density at radius 2 is 1.05 bits per heavy atom. The van der Waals surface area contributed by atoms with Gasteiger partial charge in [-0.25, -0.2) is 18.7 Å². The van der Waals surface area contributed by atoms with Crippen molar-refractivity contribution in [2.75, 3.05) is 5.32 Å². The van der Waals surface area contributed by atoms with Crippen LogP contribution in [0.1, 0.15) is 11.1 Å². The number of rotatable bonds is 4. The van der Waals surface area contributed by atoms with Crippen molar-refractivity contribution in [2.45, 2.75) is 13.1 Å². The summed E-state index contributed by atoms with van der Waals surface area (Å²) >= 11 is 28.8. The summed E-state index contributed by atoms with van der Waals surface area (Å²) in [5, 5.41) is 5.48. The molecule has 0 aliphatic heterocycles. The van der Waals surface area contributed by atoms with E-state index in [1.165, 1.54) is 0 Å². The van der Waals surface area contributed by atoms with Gasteiger partial charge < -0.3 is 11.1 Å². The number of halogens is 7. The number of aromatic nitrogens is 2. The summed E-state index contributed by atoms with van der Waals surface area (Å²) in [6, 6.07) is 29.0. The van der Waals surface area contributed by atoms with Crippen molar-refractivity contribution >= 4 is 85.6 Å². The Hall–Kier alpha value is -3.23. The molecule has 0 saturated carbocycles. The maximum atomic E-state index is 14.2. The number of para-hydroxylation sites is 2. The first-order valence-electron chi connectivity index (χ1n) is 12.7. The number of fused-ring (bicyclic) bond motifs is 2. The van der Waals surface area contributed by atoms with Crippen LogP contribution in [-0.4, -0.2) is 9.97 Å². The molecular weight excluding hydrogens is 656 g/mol. The molecule has 2 heterocycles. The first-order valence-corrected chi connectivity index (χ1v) is 14.6. The molecule has 0 aliphatic rings. The average molecular weight is 679 g/mol. The van der Waals surface area contributed by atoms with Crippen LogP contribution in [0.2, 0.25) is 25.2 Å². The normalized spacial score (nSPS) is 10.5. The van der Waals surface area contributed by atoms with E-state index in [-0.39, 0.29) is 21.0 Å². The Balaban J connectivity index is 0.000000163. The quantitative estimate of drug-likeness (QED) is 0.182. The van der Waals surface area contributed by atoms with E-state index in [1.54, 1.807) is 54.6 Å². The van der Waals surface area contributed by atoms with Gasteiger partial charge in [0.1, 0.15) is 0 Å². The Morgan fingerprint density at radius 1 is 0.581 bits per heavy atom. The molecule has 0 spiro atoms. The fourth-order valence-electron chi connectivity index (χ4n) is 3.79. The highest BCUT2D eigenvalue weighted by Gasteiger charge is 2.13. The van der Waals surface area contributed by atoms with Gasteiger partial charge in [0.15, 0.2) is 22.6 Å². The van der Waals surface area contributed by atoms with Crippen molar-refractivity contribution in [1.29, 1.82) is 0 Å². The van der Waals surface area contributed by atoms with E-state index < -0.39 is 11.6 Å². The fraction of sp³-hybridized carbons (Fsp3) is 0.0625. The Kier molecular flexibility index (Phi) is 11.8. The van der Waals surface area contributed by atoms with Gasteiger partial charge in [-0.1, -0.05) is 119 Å². The van der Waals surface area contributed by atoms with Gasteiger partial charge in [0, 0.05) is 33.9 Å². The molecule has 0 radical (unpaired) electrons. The van der Waals surface area contributed by atoms with E-state index in [4.69, 9.17) is 63.7 Å². The summed E-state index contributed by atoms with van der Waals surface area (Å²) < 4.78 is 27.4. The van der Waals surface area contributed by atoms with Crippen LogP contribution in [-0.2, 0) is 13.1 Å². The van der Waals surface area contributed by atoms with Crippen molar-refractivity contribution in [1.82, 2.24) is 9.97 Å². The molecule has 0 bridgehead atoms. The SMILES string of the molecule is Fc1c(Cl)nc2ccccc2c1Cl.Fc1c(NCc2ccc(Cl)cc2)nc2ccccc2c1Cl.NCc1ccc(Cl)cc1. The molecule has 0 unspecified atom stereocenters. The van der Waals surface area contributed by atoms with Crippen molar-refractivity contribution in [3.63, 3.8) is 0 Å². The topological polar surface area (TPSA) is 63.8 Å². The summed E-state index contributed by atoms with van der Waals surface area (Å²) in [6.07, 6.45) is 0. The lowest BCUT2D eigenvalue weighted by Crippen LogP contribution is -2.04. The second kappa shape index (κ2) is 15.5. The third kappa shape index (κ3) is 8.67. The standard InChI is InChI=1S/C16H11Cl2FN2.C9H4Cl2FN.C7H8ClN/c17-11-7-5-10(6-8-11)9-20-16-15(19)14(18)12-3-1-2-4-13(12)21-16;10-7-5-3-1-2-4-6(5)13-9(11)8(7)12;8-7-3-1-6(5-9)2-4-7/h1-8H,9H2,(H,20,21);1-4H;1-4H,5,9H2. The van der Waals surface area contributed by atoms with Crippen molar-refractivity contribution in [2.24, 2.45) is 5.73 Å². The van der Waals surface area contributed by atoms with Gasteiger partial charge >= 0.3 is 0 Å². The minimum absolute atomic E-state index is 0.0237. The number of hydrogen-bond acceptors (Lipinski definition) is 4. The molecule has 4 aromatic carbocycles. The second-order valence-corrected chi connectivity index (χ2v) is 11.0. The molecule has 6 rings (SSSR count). The average Bonchev–Trinajstić information content (AvgIpc) is 3.03. The zero-order valence-corrected chi connectivity index (χ0v) is 26.0. The van der Waals surface area contributed by atoms with Gasteiger partial charge in [0.25, 0.3) is 0 Å². The molecule has 6 aromatic rings.